The molecule has 6 heteroatoms. The smallest absolute Gasteiger partial charge is 0.339 e. The minimum atomic E-state index is -1.08. The minimum absolute atomic E-state index is 0.0215. The number of anilines is 1. The highest BCUT2D eigenvalue weighted by molar-refractivity contribution is 5.99. The number of hydrogen-bond donors (Lipinski definition) is 1. The predicted octanol–water partition coefficient (Wildman–Crippen LogP) is 3.21. The Hall–Kier alpha value is -3.02. The van der Waals surface area contributed by atoms with E-state index in [1.807, 2.05) is 0 Å². The zero-order valence-electron chi connectivity index (χ0n) is 13.2. The topological polar surface area (TPSA) is 72.5 Å². The largest absolute Gasteiger partial charge is 0.449 e. The number of halogens is 1. The van der Waals surface area contributed by atoms with Crippen LogP contribution in [0.2, 0.25) is 0 Å². The van der Waals surface area contributed by atoms with Gasteiger partial charge in [-0.25, -0.2) is 9.18 Å². The number of amides is 1. The zero-order valence-corrected chi connectivity index (χ0v) is 13.2. The number of rotatable bonds is 5. The number of Topliss-reactive ketones (excluding diaryl/α,β-unsaturated/α-hetero) is 1. The maximum Gasteiger partial charge on any atom is 0.339 e. The summed E-state index contributed by atoms with van der Waals surface area (Å²) in [5, 5.41) is 2.56. The van der Waals surface area contributed by atoms with Gasteiger partial charge in [0.1, 0.15) is 5.82 Å². The van der Waals surface area contributed by atoms with Crippen LogP contribution in [0.5, 0.6) is 0 Å². The first kappa shape index (κ1) is 17.3. The fourth-order valence-corrected chi connectivity index (χ4v) is 1.96. The molecule has 1 amide bonds. The molecule has 2 rings (SSSR count). The molecular formula is C18H16FNO4. The van der Waals surface area contributed by atoms with Crippen molar-refractivity contribution in [1.29, 1.82) is 0 Å². The summed E-state index contributed by atoms with van der Waals surface area (Å²) in [7, 11) is 0. The van der Waals surface area contributed by atoms with E-state index in [0.717, 1.165) is 6.07 Å². The summed E-state index contributed by atoms with van der Waals surface area (Å²) in [6, 6.07) is 11.4. The second kappa shape index (κ2) is 7.50. The molecular weight excluding hydrogens is 313 g/mol. The lowest BCUT2D eigenvalue weighted by molar-refractivity contribution is -0.123. The van der Waals surface area contributed by atoms with E-state index in [0.29, 0.717) is 11.3 Å². The third-order valence-corrected chi connectivity index (χ3v) is 3.25. The van der Waals surface area contributed by atoms with E-state index < -0.39 is 23.8 Å². The summed E-state index contributed by atoms with van der Waals surface area (Å²) >= 11 is 0. The third-order valence-electron chi connectivity index (χ3n) is 3.25. The van der Waals surface area contributed by atoms with Crippen LogP contribution in [0, 0.1) is 5.82 Å². The number of ketones is 1. The van der Waals surface area contributed by atoms with Crippen molar-refractivity contribution in [2.75, 3.05) is 5.32 Å². The van der Waals surface area contributed by atoms with Crippen LogP contribution in [-0.2, 0) is 9.53 Å². The molecule has 0 aliphatic rings. The third kappa shape index (κ3) is 4.49. The first-order valence-corrected chi connectivity index (χ1v) is 7.25. The van der Waals surface area contributed by atoms with Gasteiger partial charge in [-0.3, -0.25) is 9.59 Å². The van der Waals surface area contributed by atoms with Gasteiger partial charge in [-0.15, -0.1) is 0 Å². The van der Waals surface area contributed by atoms with Crippen molar-refractivity contribution in [2.24, 2.45) is 0 Å². The molecule has 2 aromatic rings. The van der Waals surface area contributed by atoms with E-state index >= 15 is 0 Å². The summed E-state index contributed by atoms with van der Waals surface area (Å²) in [5.74, 6) is -2.05. The highest BCUT2D eigenvalue weighted by Gasteiger charge is 2.19. The lowest BCUT2D eigenvalue weighted by atomic mass is 10.1. The summed E-state index contributed by atoms with van der Waals surface area (Å²) < 4.78 is 18.1. The molecule has 0 aliphatic carbocycles. The van der Waals surface area contributed by atoms with Gasteiger partial charge in [-0.05, 0) is 44.2 Å². The summed E-state index contributed by atoms with van der Waals surface area (Å²) in [6.45, 7) is 2.83. The zero-order chi connectivity index (χ0) is 17.7. The van der Waals surface area contributed by atoms with Gasteiger partial charge in [-0.1, -0.05) is 18.2 Å². The van der Waals surface area contributed by atoms with Gasteiger partial charge in [-0.2, -0.15) is 0 Å². The second-order valence-electron chi connectivity index (χ2n) is 5.18. The monoisotopic (exact) mass is 329 g/mol. The van der Waals surface area contributed by atoms with Gasteiger partial charge in [0.2, 0.25) is 0 Å². The SMILES string of the molecule is CC(=O)c1cccc(NC(=O)[C@H](C)OC(=O)c2cccc(F)c2)c1. The van der Waals surface area contributed by atoms with Gasteiger partial charge in [0, 0.05) is 11.3 Å². The van der Waals surface area contributed by atoms with Crippen molar-refractivity contribution >= 4 is 23.3 Å². The normalized spacial score (nSPS) is 11.5. The Morgan fingerprint density at radius 2 is 1.71 bits per heavy atom. The fraction of sp³-hybridized carbons (Fsp3) is 0.167. The molecule has 0 spiro atoms. The Kier molecular flexibility index (Phi) is 5.42. The highest BCUT2D eigenvalue weighted by atomic mass is 19.1. The van der Waals surface area contributed by atoms with E-state index in [-0.39, 0.29) is 11.3 Å². The van der Waals surface area contributed by atoms with Gasteiger partial charge >= 0.3 is 5.97 Å². The molecule has 0 fully saturated rings. The lowest BCUT2D eigenvalue weighted by Crippen LogP contribution is -2.30. The second-order valence-corrected chi connectivity index (χ2v) is 5.18. The van der Waals surface area contributed by atoms with E-state index in [1.165, 1.54) is 38.1 Å². The standard InChI is InChI=1S/C18H16FNO4/c1-11(21)13-5-4-8-16(10-13)20-17(22)12(2)24-18(23)14-6-3-7-15(19)9-14/h3-10,12H,1-2H3,(H,20,22)/t12-/m0/s1. The average molecular weight is 329 g/mol. The molecule has 0 saturated carbocycles. The average Bonchev–Trinajstić information content (AvgIpc) is 2.54. The van der Waals surface area contributed by atoms with Crippen molar-refractivity contribution < 1.29 is 23.5 Å². The van der Waals surface area contributed by atoms with E-state index in [1.54, 1.807) is 18.2 Å². The molecule has 1 N–H and O–H groups in total. The van der Waals surface area contributed by atoms with Crippen molar-refractivity contribution in [1.82, 2.24) is 0 Å². The molecule has 2 aromatic carbocycles. The number of esters is 1. The van der Waals surface area contributed by atoms with Crippen LogP contribution >= 0.6 is 0 Å². The van der Waals surface area contributed by atoms with Crippen LogP contribution in [-0.4, -0.2) is 23.8 Å². The fourth-order valence-electron chi connectivity index (χ4n) is 1.96. The van der Waals surface area contributed by atoms with Crippen molar-refractivity contribution in [2.45, 2.75) is 20.0 Å². The maximum absolute atomic E-state index is 13.1. The van der Waals surface area contributed by atoms with Gasteiger partial charge in [0.05, 0.1) is 5.56 Å². The van der Waals surface area contributed by atoms with Crippen LogP contribution in [0.25, 0.3) is 0 Å². The molecule has 0 radical (unpaired) electrons. The summed E-state index contributed by atoms with van der Waals surface area (Å²) in [6.07, 6.45) is -1.08. The van der Waals surface area contributed by atoms with Crippen molar-refractivity contribution in [3.8, 4) is 0 Å². The molecule has 0 bridgehead atoms. The van der Waals surface area contributed by atoms with Crippen molar-refractivity contribution in [3.63, 3.8) is 0 Å². The summed E-state index contributed by atoms with van der Waals surface area (Å²) in [5.41, 5.74) is 0.895. The van der Waals surface area contributed by atoms with Gasteiger partial charge in [0.25, 0.3) is 5.91 Å². The number of nitrogens with one attached hydrogen (secondary N) is 1. The van der Waals surface area contributed by atoms with Crippen molar-refractivity contribution in [3.05, 3.63) is 65.5 Å². The Morgan fingerprint density at radius 1 is 1.04 bits per heavy atom. The van der Waals surface area contributed by atoms with E-state index in [2.05, 4.69) is 5.32 Å². The maximum atomic E-state index is 13.1. The van der Waals surface area contributed by atoms with Crippen LogP contribution in [0.3, 0.4) is 0 Å². The van der Waals surface area contributed by atoms with Gasteiger partial charge in [0.15, 0.2) is 11.9 Å². The van der Waals surface area contributed by atoms with Crippen LogP contribution in [0.1, 0.15) is 34.6 Å². The van der Waals surface area contributed by atoms with Crippen LogP contribution in [0.15, 0.2) is 48.5 Å². The number of ether oxygens (including phenoxy) is 1. The van der Waals surface area contributed by atoms with E-state index in [9.17, 15) is 18.8 Å². The molecule has 5 nitrogen and oxygen atoms in total. The Morgan fingerprint density at radius 3 is 2.38 bits per heavy atom. The quantitative estimate of drug-likeness (QED) is 0.675. The molecule has 24 heavy (non-hydrogen) atoms. The molecule has 0 saturated heterocycles. The Labute approximate surface area is 138 Å². The molecule has 1 atom stereocenters. The first-order valence-electron chi connectivity index (χ1n) is 7.25. The molecule has 0 aliphatic heterocycles. The van der Waals surface area contributed by atoms with Crippen LogP contribution in [0.4, 0.5) is 10.1 Å². The minimum Gasteiger partial charge on any atom is -0.449 e. The lowest BCUT2D eigenvalue weighted by Gasteiger charge is -2.14. The number of carbonyl (C=O) groups excluding carboxylic acids is 3. The van der Waals surface area contributed by atoms with Crippen LogP contribution < -0.4 is 5.32 Å². The molecule has 0 unspecified atom stereocenters. The Balaban J connectivity index is 2.01. The number of carbonyl (C=O) groups is 3. The first-order chi connectivity index (χ1) is 11.4. The highest BCUT2D eigenvalue weighted by Crippen LogP contribution is 2.13. The molecule has 124 valence electrons. The predicted molar refractivity (Wildman–Crippen MR) is 86.4 cm³/mol. The number of hydrogen-bond acceptors (Lipinski definition) is 4. The number of benzene rings is 2. The van der Waals surface area contributed by atoms with E-state index in [4.69, 9.17) is 4.74 Å². The van der Waals surface area contributed by atoms with Gasteiger partial charge < -0.3 is 10.1 Å². The Bertz CT molecular complexity index is 788. The molecule has 0 heterocycles. The summed E-state index contributed by atoms with van der Waals surface area (Å²) in [4.78, 5) is 35.3. The molecule has 0 aromatic heterocycles.